The fraction of sp³-hybridized carbons (Fsp3) is 0.500. The van der Waals surface area contributed by atoms with Crippen molar-refractivity contribution in [2.75, 3.05) is 0 Å². The molecular weight excluding hydrogens is 167 g/mol. The van der Waals surface area contributed by atoms with E-state index in [1.54, 1.807) is 4.57 Å². The van der Waals surface area contributed by atoms with E-state index in [1.807, 2.05) is 6.92 Å². The van der Waals surface area contributed by atoms with E-state index in [0.717, 1.165) is 6.07 Å². The van der Waals surface area contributed by atoms with Crippen LogP contribution in [-0.4, -0.2) is 4.57 Å². The first-order valence-electron chi connectivity index (χ1n) is 3.69. The lowest BCUT2D eigenvalue weighted by Gasteiger charge is -2.07. The Morgan fingerprint density at radius 3 is 2.25 bits per heavy atom. The third-order valence-electron chi connectivity index (χ3n) is 1.89. The zero-order chi connectivity index (χ0) is 9.35. The molecule has 1 aromatic heterocycles. The van der Waals surface area contributed by atoms with Gasteiger partial charge in [-0.1, -0.05) is 0 Å². The highest BCUT2D eigenvalue weighted by atomic mass is 19.4. The minimum atomic E-state index is -4.22. The van der Waals surface area contributed by atoms with Crippen LogP contribution in [0.5, 0.6) is 0 Å². The number of aryl methyl sites for hydroxylation is 1. The van der Waals surface area contributed by atoms with Crippen molar-refractivity contribution in [3.8, 4) is 0 Å². The van der Waals surface area contributed by atoms with Crippen molar-refractivity contribution in [2.24, 2.45) is 0 Å². The average molecular weight is 177 g/mol. The predicted octanol–water partition coefficient (Wildman–Crippen LogP) is 2.84. The number of nitrogens with zero attached hydrogens (tertiary/aromatic N) is 1. The molecule has 0 saturated heterocycles. The molecule has 1 aromatic rings. The first-order valence-corrected chi connectivity index (χ1v) is 3.69. The molecule has 0 bridgehead atoms. The van der Waals surface area contributed by atoms with Gasteiger partial charge in [0, 0.05) is 18.4 Å². The molecule has 0 radical (unpaired) electrons. The molecule has 0 atom stereocenters. The normalized spacial score (nSPS) is 12.1. The summed E-state index contributed by atoms with van der Waals surface area (Å²) < 4.78 is 38.1. The van der Waals surface area contributed by atoms with Crippen LogP contribution >= 0.6 is 0 Å². The van der Waals surface area contributed by atoms with Gasteiger partial charge >= 0.3 is 6.18 Å². The molecule has 1 rings (SSSR count). The van der Waals surface area contributed by atoms with E-state index in [4.69, 9.17) is 0 Å². The van der Waals surface area contributed by atoms with Crippen LogP contribution in [-0.2, 0) is 12.7 Å². The van der Waals surface area contributed by atoms with Gasteiger partial charge in [0.25, 0.3) is 0 Å². The predicted molar refractivity (Wildman–Crippen MR) is 39.8 cm³/mol. The fourth-order valence-electron chi connectivity index (χ4n) is 1.19. The number of hydrogen-bond donors (Lipinski definition) is 0. The highest BCUT2D eigenvalue weighted by Crippen LogP contribution is 2.32. The standard InChI is InChI=1S/C8H10F3N/c1-3-12-5-4-7(6(12)2)8(9,10)11/h4-5H,3H2,1-2H3. The molecule has 68 valence electrons. The molecule has 0 N–H and O–H groups in total. The van der Waals surface area contributed by atoms with Crippen molar-refractivity contribution in [3.05, 3.63) is 23.5 Å². The number of hydrogen-bond acceptors (Lipinski definition) is 0. The van der Waals surface area contributed by atoms with Gasteiger partial charge in [-0.15, -0.1) is 0 Å². The summed E-state index contributed by atoms with van der Waals surface area (Å²) in [7, 11) is 0. The van der Waals surface area contributed by atoms with Gasteiger partial charge in [-0.2, -0.15) is 13.2 Å². The van der Waals surface area contributed by atoms with E-state index in [1.165, 1.54) is 13.1 Å². The number of alkyl halides is 3. The highest BCUT2D eigenvalue weighted by Gasteiger charge is 2.33. The van der Waals surface area contributed by atoms with Gasteiger partial charge in [0.2, 0.25) is 0 Å². The lowest BCUT2D eigenvalue weighted by atomic mass is 10.2. The molecule has 0 fully saturated rings. The van der Waals surface area contributed by atoms with Crippen molar-refractivity contribution < 1.29 is 13.2 Å². The Kier molecular flexibility index (Phi) is 2.17. The summed E-state index contributed by atoms with van der Waals surface area (Å²) in [6.45, 7) is 3.86. The summed E-state index contributed by atoms with van der Waals surface area (Å²) in [5.41, 5.74) is -0.255. The second-order valence-electron chi connectivity index (χ2n) is 2.60. The third kappa shape index (κ3) is 1.47. The van der Waals surface area contributed by atoms with Gasteiger partial charge in [0.15, 0.2) is 0 Å². The Morgan fingerprint density at radius 2 is 2.00 bits per heavy atom. The Labute approximate surface area is 68.8 Å². The number of aromatic nitrogens is 1. The number of halogens is 3. The van der Waals surface area contributed by atoms with E-state index in [-0.39, 0.29) is 5.69 Å². The zero-order valence-electron chi connectivity index (χ0n) is 6.94. The summed E-state index contributed by atoms with van der Waals surface area (Å²) in [5, 5.41) is 0. The summed E-state index contributed by atoms with van der Waals surface area (Å²) in [6.07, 6.45) is -2.76. The molecule has 12 heavy (non-hydrogen) atoms. The first-order chi connectivity index (χ1) is 5.46. The van der Waals surface area contributed by atoms with E-state index < -0.39 is 11.7 Å². The molecular formula is C8H10F3N. The SMILES string of the molecule is CCn1ccc(C(F)(F)F)c1C. The van der Waals surface area contributed by atoms with E-state index in [9.17, 15) is 13.2 Å². The second-order valence-corrected chi connectivity index (χ2v) is 2.60. The van der Waals surface area contributed by atoms with Crippen LogP contribution in [0.1, 0.15) is 18.2 Å². The van der Waals surface area contributed by atoms with Gasteiger partial charge in [0.05, 0.1) is 5.56 Å². The molecule has 0 aliphatic carbocycles. The van der Waals surface area contributed by atoms with Gasteiger partial charge in [-0.05, 0) is 19.9 Å². The summed E-state index contributed by atoms with van der Waals surface area (Å²) in [4.78, 5) is 0. The Bertz CT molecular complexity index is 272. The van der Waals surface area contributed by atoms with Crippen LogP contribution < -0.4 is 0 Å². The van der Waals surface area contributed by atoms with Crippen LogP contribution in [0, 0.1) is 6.92 Å². The maximum Gasteiger partial charge on any atom is 0.418 e. The zero-order valence-corrected chi connectivity index (χ0v) is 6.94. The maximum atomic E-state index is 12.2. The van der Waals surface area contributed by atoms with Crippen LogP contribution in [0.4, 0.5) is 13.2 Å². The van der Waals surface area contributed by atoms with Crippen molar-refractivity contribution in [1.29, 1.82) is 0 Å². The van der Waals surface area contributed by atoms with E-state index in [0.29, 0.717) is 6.54 Å². The lowest BCUT2D eigenvalue weighted by molar-refractivity contribution is -0.138. The minimum absolute atomic E-state index is 0.282. The first kappa shape index (κ1) is 9.16. The van der Waals surface area contributed by atoms with E-state index >= 15 is 0 Å². The molecule has 0 spiro atoms. The summed E-state index contributed by atoms with van der Waals surface area (Å²) >= 11 is 0. The molecule has 0 aliphatic heterocycles. The van der Waals surface area contributed by atoms with Crippen LogP contribution in [0.3, 0.4) is 0 Å². The van der Waals surface area contributed by atoms with Gasteiger partial charge < -0.3 is 4.57 Å². The summed E-state index contributed by atoms with van der Waals surface area (Å²) in [5.74, 6) is 0. The van der Waals surface area contributed by atoms with Gasteiger partial charge in [0.1, 0.15) is 0 Å². The Hall–Kier alpha value is -0.930. The van der Waals surface area contributed by atoms with Crippen molar-refractivity contribution >= 4 is 0 Å². The van der Waals surface area contributed by atoms with E-state index in [2.05, 4.69) is 0 Å². The maximum absolute atomic E-state index is 12.2. The molecule has 1 nitrogen and oxygen atoms in total. The molecule has 1 heterocycles. The van der Waals surface area contributed by atoms with Gasteiger partial charge in [-0.3, -0.25) is 0 Å². The molecule has 0 unspecified atom stereocenters. The Balaban J connectivity index is 3.11. The van der Waals surface area contributed by atoms with Crippen molar-refractivity contribution in [2.45, 2.75) is 26.6 Å². The topological polar surface area (TPSA) is 4.93 Å². The van der Waals surface area contributed by atoms with Crippen molar-refractivity contribution in [1.82, 2.24) is 4.57 Å². The Morgan fingerprint density at radius 1 is 1.42 bits per heavy atom. The second kappa shape index (κ2) is 2.84. The lowest BCUT2D eigenvalue weighted by Crippen LogP contribution is -2.07. The molecule has 0 saturated carbocycles. The average Bonchev–Trinajstić information content (AvgIpc) is 2.29. The van der Waals surface area contributed by atoms with Crippen LogP contribution in [0.15, 0.2) is 12.3 Å². The molecule has 0 amide bonds. The molecule has 4 heteroatoms. The quantitative estimate of drug-likeness (QED) is 0.621. The fourth-order valence-corrected chi connectivity index (χ4v) is 1.19. The van der Waals surface area contributed by atoms with Crippen LogP contribution in [0.2, 0.25) is 0 Å². The molecule has 0 aliphatic rings. The monoisotopic (exact) mass is 177 g/mol. The number of rotatable bonds is 1. The molecule has 0 aromatic carbocycles. The van der Waals surface area contributed by atoms with Crippen molar-refractivity contribution in [3.63, 3.8) is 0 Å². The summed E-state index contributed by atoms with van der Waals surface area (Å²) in [6, 6.07) is 1.11. The minimum Gasteiger partial charge on any atom is -0.351 e. The van der Waals surface area contributed by atoms with Crippen LogP contribution in [0.25, 0.3) is 0 Å². The third-order valence-corrected chi connectivity index (χ3v) is 1.89. The largest absolute Gasteiger partial charge is 0.418 e. The smallest absolute Gasteiger partial charge is 0.351 e. The highest BCUT2D eigenvalue weighted by molar-refractivity contribution is 5.23. The van der Waals surface area contributed by atoms with Gasteiger partial charge in [-0.25, -0.2) is 0 Å².